The van der Waals surface area contributed by atoms with Gasteiger partial charge in [-0.2, -0.15) is 4.31 Å². The summed E-state index contributed by atoms with van der Waals surface area (Å²) < 4.78 is 26.5. The van der Waals surface area contributed by atoms with Crippen molar-refractivity contribution in [3.8, 4) is 0 Å². The first kappa shape index (κ1) is 25.8. The highest BCUT2D eigenvalue weighted by Crippen LogP contribution is 2.26. The molecule has 1 atom stereocenters. The molecule has 2 fully saturated rings. The molecule has 1 aliphatic heterocycles. The predicted octanol–water partition coefficient (Wildman–Crippen LogP) is -0.683. The summed E-state index contributed by atoms with van der Waals surface area (Å²) in [6, 6.07) is 7.41. The van der Waals surface area contributed by atoms with E-state index in [2.05, 4.69) is 5.32 Å². The third-order valence-corrected chi connectivity index (χ3v) is 8.10. The van der Waals surface area contributed by atoms with Gasteiger partial charge in [-0.15, -0.1) is 0 Å². The standard InChI is InChI=1S/C22H30N4O7S/c23-17-8-6-16(7-9-17)20(21(29)22(30)31)24-18(27)12-25-10-11-26(13-19(25)28)34(32,33)14-15-4-2-1-3-5-15/h1-5,16-17,20H,6-14,23H2,(H,24,27)(H,30,31). The van der Waals surface area contributed by atoms with Crippen molar-refractivity contribution in [1.29, 1.82) is 0 Å². The fourth-order valence-electron chi connectivity index (χ4n) is 4.37. The second-order valence-electron chi connectivity index (χ2n) is 8.78. The molecule has 0 aromatic heterocycles. The lowest BCUT2D eigenvalue weighted by atomic mass is 9.80. The molecule has 0 spiro atoms. The van der Waals surface area contributed by atoms with Gasteiger partial charge in [0.25, 0.3) is 5.78 Å². The lowest BCUT2D eigenvalue weighted by Crippen LogP contribution is -2.56. The number of rotatable bonds is 9. The zero-order valence-corrected chi connectivity index (χ0v) is 19.6. The SMILES string of the molecule is NC1CCC(C(NC(=O)CN2CCN(S(=O)(=O)Cc3ccccc3)CC2=O)C(=O)C(=O)O)CC1. The van der Waals surface area contributed by atoms with Gasteiger partial charge in [0.05, 0.1) is 18.8 Å². The van der Waals surface area contributed by atoms with Crippen LogP contribution in [0.3, 0.4) is 0 Å². The maximum atomic E-state index is 12.7. The molecule has 0 radical (unpaired) electrons. The highest BCUT2D eigenvalue weighted by molar-refractivity contribution is 7.88. The minimum Gasteiger partial charge on any atom is -0.475 e. The zero-order valence-electron chi connectivity index (χ0n) is 18.8. The number of carboxylic acid groups (broad SMARTS) is 1. The second kappa shape index (κ2) is 11.1. The molecular formula is C22H30N4O7S. The van der Waals surface area contributed by atoms with Crippen LogP contribution in [-0.4, -0.2) is 84.6 Å². The van der Waals surface area contributed by atoms with Crippen molar-refractivity contribution in [3.05, 3.63) is 35.9 Å². The normalized spacial score (nSPS) is 22.7. The number of carbonyl (C=O) groups is 4. The highest BCUT2D eigenvalue weighted by Gasteiger charge is 2.37. The van der Waals surface area contributed by atoms with Crippen LogP contribution < -0.4 is 11.1 Å². The Bertz CT molecular complexity index is 1020. The number of benzene rings is 1. The monoisotopic (exact) mass is 494 g/mol. The molecule has 4 N–H and O–H groups in total. The van der Waals surface area contributed by atoms with E-state index in [1.165, 1.54) is 4.90 Å². The summed E-state index contributed by atoms with van der Waals surface area (Å²) in [7, 11) is -3.71. The van der Waals surface area contributed by atoms with Crippen LogP contribution in [0.4, 0.5) is 0 Å². The van der Waals surface area contributed by atoms with E-state index < -0.39 is 39.6 Å². The molecule has 1 unspecified atom stereocenters. The number of hydrogen-bond donors (Lipinski definition) is 3. The van der Waals surface area contributed by atoms with Crippen molar-refractivity contribution in [2.24, 2.45) is 11.7 Å². The van der Waals surface area contributed by atoms with Gasteiger partial charge >= 0.3 is 5.97 Å². The summed E-state index contributed by atoms with van der Waals surface area (Å²) in [5.74, 6) is -4.51. The van der Waals surface area contributed by atoms with Gasteiger partial charge in [-0.25, -0.2) is 13.2 Å². The second-order valence-corrected chi connectivity index (χ2v) is 10.7. The van der Waals surface area contributed by atoms with Crippen LogP contribution in [0.2, 0.25) is 0 Å². The number of carbonyl (C=O) groups excluding carboxylic acids is 3. The molecular weight excluding hydrogens is 464 g/mol. The number of aliphatic carboxylic acids is 1. The Kier molecular flexibility index (Phi) is 8.39. The first-order valence-electron chi connectivity index (χ1n) is 11.2. The van der Waals surface area contributed by atoms with Crippen molar-refractivity contribution in [1.82, 2.24) is 14.5 Å². The fraction of sp³-hybridized carbons (Fsp3) is 0.545. The summed E-state index contributed by atoms with van der Waals surface area (Å²) in [5.41, 5.74) is 6.48. The van der Waals surface area contributed by atoms with E-state index in [0.717, 1.165) is 4.31 Å². The number of ketones is 1. The topological polar surface area (TPSA) is 167 Å². The van der Waals surface area contributed by atoms with Crippen molar-refractivity contribution >= 4 is 33.6 Å². The Balaban J connectivity index is 1.58. The third-order valence-electron chi connectivity index (χ3n) is 6.30. The van der Waals surface area contributed by atoms with Crippen molar-refractivity contribution in [2.75, 3.05) is 26.2 Å². The summed E-state index contributed by atoms with van der Waals surface area (Å²) in [6.07, 6.45) is 2.29. The number of nitrogens with one attached hydrogen (secondary N) is 1. The van der Waals surface area contributed by atoms with E-state index in [1.807, 2.05) is 0 Å². The van der Waals surface area contributed by atoms with Crippen LogP contribution in [0, 0.1) is 5.92 Å². The summed E-state index contributed by atoms with van der Waals surface area (Å²) in [5, 5.41) is 11.7. The Morgan fingerprint density at radius 2 is 1.74 bits per heavy atom. The summed E-state index contributed by atoms with van der Waals surface area (Å²) in [4.78, 5) is 49.9. The van der Waals surface area contributed by atoms with Gasteiger partial charge in [0.15, 0.2) is 0 Å². The van der Waals surface area contributed by atoms with Gasteiger partial charge in [0.2, 0.25) is 21.8 Å². The van der Waals surface area contributed by atoms with E-state index in [-0.39, 0.29) is 43.9 Å². The first-order valence-corrected chi connectivity index (χ1v) is 12.8. The molecule has 1 heterocycles. The number of piperazine rings is 1. The molecule has 3 rings (SSSR count). The highest BCUT2D eigenvalue weighted by atomic mass is 32.2. The minimum atomic E-state index is -3.71. The largest absolute Gasteiger partial charge is 0.475 e. The van der Waals surface area contributed by atoms with Crippen LogP contribution in [0.25, 0.3) is 0 Å². The van der Waals surface area contributed by atoms with Crippen molar-refractivity contribution < 1.29 is 32.7 Å². The number of Topliss-reactive ketones (excluding diaryl/α,β-unsaturated/α-hetero) is 1. The van der Waals surface area contributed by atoms with Gasteiger partial charge in [-0.05, 0) is 37.2 Å². The van der Waals surface area contributed by atoms with E-state index in [4.69, 9.17) is 5.73 Å². The number of nitrogens with zero attached hydrogens (tertiary/aromatic N) is 2. The zero-order chi connectivity index (χ0) is 24.9. The predicted molar refractivity (Wildman–Crippen MR) is 122 cm³/mol. The van der Waals surface area contributed by atoms with Gasteiger partial charge in [0, 0.05) is 19.1 Å². The molecule has 0 bridgehead atoms. The molecule has 1 saturated carbocycles. The minimum absolute atomic E-state index is 0.0100. The molecule has 12 heteroatoms. The Hall–Kier alpha value is -2.83. The van der Waals surface area contributed by atoms with E-state index >= 15 is 0 Å². The van der Waals surface area contributed by atoms with Gasteiger partial charge in [-0.3, -0.25) is 14.4 Å². The number of hydrogen-bond acceptors (Lipinski definition) is 7. The maximum absolute atomic E-state index is 12.7. The molecule has 1 aromatic carbocycles. The average Bonchev–Trinajstić information content (AvgIpc) is 2.79. The Morgan fingerprint density at radius 3 is 2.32 bits per heavy atom. The molecule has 2 aliphatic rings. The molecule has 11 nitrogen and oxygen atoms in total. The van der Waals surface area contributed by atoms with Crippen LogP contribution in [0.1, 0.15) is 31.2 Å². The third kappa shape index (κ3) is 6.61. The van der Waals surface area contributed by atoms with Gasteiger partial charge in [-0.1, -0.05) is 30.3 Å². The number of sulfonamides is 1. The van der Waals surface area contributed by atoms with Crippen molar-refractivity contribution in [3.63, 3.8) is 0 Å². The van der Waals surface area contributed by atoms with Gasteiger partial charge < -0.3 is 21.1 Å². The Labute approximate surface area is 198 Å². The number of nitrogens with two attached hydrogens (primary N) is 1. The fourth-order valence-corrected chi connectivity index (χ4v) is 5.83. The molecule has 1 aromatic rings. The lowest BCUT2D eigenvalue weighted by Gasteiger charge is -2.34. The Morgan fingerprint density at radius 1 is 1.09 bits per heavy atom. The van der Waals surface area contributed by atoms with Crippen molar-refractivity contribution in [2.45, 2.75) is 43.5 Å². The quantitative estimate of drug-likeness (QED) is 0.379. The number of amides is 2. The molecule has 186 valence electrons. The van der Waals surface area contributed by atoms with Crippen LogP contribution >= 0.6 is 0 Å². The van der Waals surface area contributed by atoms with Crippen LogP contribution in [0.15, 0.2) is 30.3 Å². The average molecular weight is 495 g/mol. The van der Waals surface area contributed by atoms with E-state index in [9.17, 15) is 32.7 Å². The lowest BCUT2D eigenvalue weighted by molar-refractivity contribution is -0.151. The molecule has 1 aliphatic carbocycles. The van der Waals surface area contributed by atoms with Gasteiger partial charge in [0.1, 0.15) is 6.04 Å². The summed E-state index contributed by atoms with van der Waals surface area (Å²) in [6.45, 7) is -0.732. The van der Waals surface area contributed by atoms with Crippen LogP contribution in [-0.2, 0) is 35.0 Å². The molecule has 1 saturated heterocycles. The van der Waals surface area contributed by atoms with Crippen LogP contribution in [0.5, 0.6) is 0 Å². The molecule has 34 heavy (non-hydrogen) atoms. The number of carboxylic acids is 1. The molecule has 2 amide bonds. The summed E-state index contributed by atoms with van der Waals surface area (Å²) >= 11 is 0. The van der Waals surface area contributed by atoms with E-state index in [1.54, 1.807) is 30.3 Å². The van der Waals surface area contributed by atoms with E-state index in [0.29, 0.717) is 31.2 Å². The maximum Gasteiger partial charge on any atom is 0.374 e. The smallest absolute Gasteiger partial charge is 0.374 e. The first-order chi connectivity index (χ1) is 16.1.